The number of hydrogen-bond acceptors (Lipinski definition) is 4. The highest BCUT2D eigenvalue weighted by molar-refractivity contribution is 5.85. The van der Waals surface area contributed by atoms with Crippen LogP contribution in [0.4, 0.5) is 0 Å². The van der Waals surface area contributed by atoms with Gasteiger partial charge in [-0.1, -0.05) is 48.5 Å². The molecule has 0 radical (unpaired) electrons. The molecule has 25 heavy (non-hydrogen) atoms. The van der Waals surface area contributed by atoms with E-state index in [4.69, 9.17) is 9.47 Å². The van der Waals surface area contributed by atoms with Crippen molar-refractivity contribution in [1.29, 1.82) is 0 Å². The molecule has 1 aliphatic rings. The first kappa shape index (κ1) is 19.7. The molecule has 1 fully saturated rings. The zero-order valence-corrected chi connectivity index (χ0v) is 15.3. The monoisotopic (exact) mass is 363 g/mol. The average Bonchev–Trinajstić information content (AvgIpc) is 2.65. The standard InChI is InChI=1S/C20H25NO3.ClH/c1-2-23-18-11-7-6-8-16(18)14-20(22,17-9-4-3-5-10-17)19-15-21-12-13-24-19;/h3-11,19,21-22H,2,12-15H2,1H3;1H/t19-,20+;/m1./s1. The van der Waals surface area contributed by atoms with Gasteiger partial charge in [0.25, 0.3) is 0 Å². The predicted octanol–water partition coefficient (Wildman–Crippen LogP) is 2.93. The third-order valence-corrected chi connectivity index (χ3v) is 4.47. The SMILES string of the molecule is CCOc1ccccc1C[C@](O)(c1ccccc1)[C@H]1CNCCO1.Cl. The van der Waals surface area contributed by atoms with Crippen LogP contribution in [0.25, 0.3) is 0 Å². The first-order valence-electron chi connectivity index (χ1n) is 8.55. The second kappa shape index (κ2) is 9.20. The van der Waals surface area contributed by atoms with Crippen LogP contribution in [-0.4, -0.2) is 37.5 Å². The van der Waals surface area contributed by atoms with Gasteiger partial charge in [0.05, 0.1) is 13.2 Å². The van der Waals surface area contributed by atoms with Crippen molar-refractivity contribution in [2.75, 3.05) is 26.3 Å². The number of nitrogens with one attached hydrogen (secondary N) is 1. The lowest BCUT2D eigenvalue weighted by molar-refractivity contribution is -0.124. The van der Waals surface area contributed by atoms with E-state index in [9.17, 15) is 5.11 Å². The number of halogens is 1. The molecule has 1 saturated heterocycles. The minimum atomic E-state index is -1.11. The number of benzene rings is 2. The lowest BCUT2D eigenvalue weighted by Gasteiger charge is -2.39. The third-order valence-electron chi connectivity index (χ3n) is 4.47. The van der Waals surface area contributed by atoms with Crippen molar-refractivity contribution in [3.05, 3.63) is 65.7 Å². The molecule has 4 nitrogen and oxygen atoms in total. The Labute approximate surface area is 155 Å². The fourth-order valence-electron chi connectivity index (χ4n) is 3.24. The van der Waals surface area contributed by atoms with Gasteiger partial charge in [-0.25, -0.2) is 0 Å². The van der Waals surface area contributed by atoms with Gasteiger partial charge >= 0.3 is 0 Å². The molecule has 3 rings (SSSR count). The first-order chi connectivity index (χ1) is 11.7. The molecule has 1 aliphatic heterocycles. The molecule has 2 aromatic rings. The molecule has 5 heteroatoms. The molecule has 0 amide bonds. The van der Waals surface area contributed by atoms with Crippen molar-refractivity contribution in [1.82, 2.24) is 5.32 Å². The van der Waals surface area contributed by atoms with Crippen LogP contribution in [0.5, 0.6) is 5.75 Å². The van der Waals surface area contributed by atoms with Gasteiger partial charge in [0.1, 0.15) is 17.5 Å². The van der Waals surface area contributed by atoms with Crippen LogP contribution >= 0.6 is 12.4 Å². The number of aliphatic hydroxyl groups is 1. The summed E-state index contributed by atoms with van der Waals surface area (Å²) in [5.41, 5.74) is 0.742. The summed E-state index contributed by atoms with van der Waals surface area (Å²) < 4.78 is 11.7. The summed E-state index contributed by atoms with van der Waals surface area (Å²) in [6, 6.07) is 17.7. The van der Waals surface area contributed by atoms with Crippen molar-refractivity contribution in [2.45, 2.75) is 25.0 Å². The quantitative estimate of drug-likeness (QED) is 0.828. The zero-order valence-electron chi connectivity index (χ0n) is 14.5. The van der Waals surface area contributed by atoms with E-state index >= 15 is 0 Å². The van der Waals surface area contributed by atoms with E-state index in [0.29, 0.717) is 26.2 Å². The Morgan fingerprint density at radius 2 is 1.88 bits per heavy atom. The van der Waals surface area contributed by atoms with E-state index in [0.717, 1.165) is 23.4 Å². The maximum atomic E-state index is 11.6. The van der Waals surface area contributed by atoms with Gasteiger partial charge in [-0.15, -0.1) is 12.4 Å². The van der Waals surface area contributed by atoms with Crippen molar-refractivity contribution in [2.24, 2.45) is 0 Å². The molecule has 1 heterocycles. The summed E-state index contributed by atoms with van der Waals surface area (Å²) in [5.74, 6) is 0.818. The van der Waals surface area contributed by atoms with E-state index in [1.807, 2.05) is 61.5 Å². The van der Waals surface area contributed by atoms with Crippen LogP contribution < -0.4 is 10.1 Å². The molecule has 0 saturated carbocycles. The van der Waals surface area contributed by atoms with Gasteiger partial charge in [0.2, 0.25) is 0 Å². The summed E-state index contributed by atoms with van der Waals surface area (Å²) >= 11 is 0. The van der Waals surface area contributed by atoms with E-state index in [1.165, 1.54) is 0 Å². The van der Waals surface area contributed by atoms with Crippen LogP contribution in [-0.2, 0) is 16.8 Å². The van der Waals surface area contributed by atoms with E-state index in [1.54, 1.807) is 0 Å². The normalized spacial score (nSPS) is 19.5. The number of rotatable bonds is 6. The fourth-order valence-corrected chi connectivity index (χ4v) is 3.24. The van der Waals surface area contributed by atoms with Crippen molar-refractivity contribution in [3.8, 4) is 5.75 Å². The Balaban J connectivity index is 0.00000225. The Kier molecular flexibility index (Phi) is 7.26. The molecule has 2 aromatic carbocycles. The molecule has 0 aliphatic carbocycles. The van der Waals surface area contributed by atoms with Crippen molar-refractivity contribution >= 4 is 12.4 Å². The highest BCUT2D eigenvalue weighted by atomic mass is 35.5. The number of hydrogen-bond donors (Lipinski definition) is 2. The Hall–Kier alpha value is -1.59. The van der Waals surface area contributed by atoms with Gasteiger partial charge in [0.15, 0.2) is 0 Å². The molecule has 0 spiro atoms. The lowest BCUT2D eigenvalue weighted by Crippen LogP contribution is -2.52. The zero-order chi connectivity index (χ0) is 16.8. The molecular formula is C20H26ClNO3. The largest absolute Gasteiger partial charge is 0.494 e. The Morgan fingerprint density at radius 3 is 2.56 bits per heavy atom. The second-order valence-electron chi connectivity index (χ2n) is 6.07. The lowest BCUT2D eigenvalue weighted by atomic mass is 9.81. The highest BCUT2D eigenvalue weighted by Crippen LogP contribution is 2.34. The van der Waals surface area contributed by atoms with Crippen LogP contribution in [0.3, 0.4) is 0 Å². The molecule has 0 unspecified atom stereocenters. The van der Waals surface area contributed by atoms with E-state index in [-0.39, 0.29) is 18.5 Å². The number of ether oxygens (including phenoxy) is 2. The Morgan fingerprint density at radius 1 is 1.16 bits per heavy atom. The number of para-hydroxylation sites is 1. The summed E-state index contributed by atoms with van der Waals surface area (Å²) in [7, 11) is 0. The molecule has 2 atom stereocenters. The molecule has 0 bridgehead atoms. The Bertz CT molecular complexity index is 646. The summed E-state index contributed by atoms with van der Waals surface area (Å²) in [6.45, 7) is 4.61. The first-order valence-corrected chi connectivity index (χ1v) is 8.55. The van der Waals surface area contributed by atoms with E-state index < -0.39 is 5.60 Å². The summed E-state index contributed by atoms with van der Waals surface area (Å²) in [6.07, 6.45) is 0.142. The van der Waals surface area contributed by atoms with Gasteiger partial charge in [-0.3, -0.25) is 0 Å². The summed E-state index contributed by atoms with van der Waals surface area (Å²) in [5, 5.41) is 15.0. The topological polar surface area (TPSA) is 50.7 Å². The average molecular weight is 364 g/mol. The highest BCUT2D eigenvalue weighted by Gasteiger charge is 2.41. The van der Waals surface area contributed by atoms with Crippen LogP contribution in [0.15, 0.2) is 54.6 Å². The van der Waals surface area contributed by atoms with Crippen LogP contribution in [0.2, 0.25) is 0 Å². The van der Waals surface area contributed by atoms with Gasteiger partial charge < -0.3 is 19.9 Å². The third kappa shape index (κ3) is 4.53. The smallest absolute Gasteiger partial charge is 0.122 e. The maximum absolute atomic E-state index is 11.6. The van der Waals surface area contributed by atoms with Crippen LogP contribution in [0.1, 0.15) is 18.1 Å². The molecule has 2 N–H and O–H groups in total. The number of morpholine rings is 1. The molecular weight excluding hydrogens is 338 g/mol. The summed E-state index contributed by atoms with van der Waals surface area (Å²) in [4.78, 5) is 0. The predicted molar refractivity (Wildman–Crippen MR) is 102 cm³/mol. The van der Waals surface area contributed by atoms with Crippen molar-refractivity contribution < 1.29 is 14.6 Å². The molecule has 0 aromatic heterocycles. The van der Waals surface area contributed by atoms with E-state index in [2.05, 4.69) is 5.32 Å². The second-order valence-corrected chi connectivity index (χ2v) is 6.07. The molecule has 136 valence electrons. The van der Waals surface area contributed by atoms with Gasteiger partial charge in [0, 0.05) is 19.5 Å². The minimum Gasteiger partial charge on any atom is -0.494 e. The fraction of sp³-hybridized carbons (Fsp3) is 0.400. The minimum absolute atomic E-state index is 0. The van der Waals surface area contributed by atoms with Crippen molar-refractivity contribution in [3.63, 3.8) is 0 Å². The maximum Gasteiger partial charge on any atom is 0.122 e. The van der Waals surface area contributed by atoms with Gasteiger partial charge in [-0.05, 0) is 24.1 Å². The van der Waals surface area contributed by atoms with Crippen LogP contribution in [0, 0.1) is 0 Å². The van der Waals surface area contributed by atoms with Gasteiger partial charge in [-0.2, -0.15) is 0 Å².